The third-order valence-electron chi connectivity index (χ3n) is 7.00. The standard InChI is InChI=1S/C23H33BrN4O4S/c1-2-22(29)28-13-7-18-15-19(24)21(16-20(18)28)33(31,32)27-11-5-17(6-12-27)23(30)25-8-14-26-9-3-4-10-26/h15-17H,2-14H2,1H3,(H,25,30). The van der Waals surface area contributed by atoms with Crippen molar-refractivity contribution in [1.29, 1.82) is 0 Å². The minimum atomic E-state index is -3.74. The van der Waals surface area contributed by atoms with Crippen LogP contribution < -0.4 is 10.2 Å². The van der Waals surface area contributed by atoms with Crippen LogP contribution in [-0.4, -0.2) is 75.3 Å². The zero-order chi connectivity index (χ0) is 23.6. The Balaban J connectivity index is 1.38. The van der Waals surface area contributed by atoms with E-state index in [0.29, 0.717) is 55.6 Å². The van der Waals surface area contributed by atoms with E-state index in [4.69, 9.17) is 0 Å². The summed E-state index contributed by atoms with van der Waals surface area (Å²) in [5, 5.41) is 3.03. The number of benzene rings is 1. The second-order valence-corrected chi connectivity index (χ2v) is 11.8. The summed E-state index contributed by atoms with van der Waals surface area (Å²) in [5.41, 5.74) is 1.67. The Morgan fingerprint density at radius 1 is 1.09 bits per heavy atom. The van der Waals surface area contributed by atoms with Gasteiger partial charge in [0.2, 0.25) is 21.8 Å². The lowest BCUT2D eigenvalue weighted by Gasteiger charge is -2.31. The van der Waals surface area contributed by atoms with Crippen molar-refractivity contribution in [3.8, 4) is 0 Å². The second kappa shape index (κ2) is 10.4. The molecule has 1 aromatic carbocycles. The van der Waals surface area contributed by atoms with Crippen LogP contribution in [0.1, 0.15) is 44.6 Å². The van der Waals surface area contributed by atoms with E-state index in [1.165, 1.54) is 17.1 Å². The number of anilines is 1. The Morgan fingerprint density at radius 3 is 2.45 bits per heavy atom. The number of fused-ring (bicyclic) bond motifs is 1. The van der Waals surface area contributed by atoms with E-state index >= 15 is 0 Å². The van der Waals surface area contributed by atoms with E-state index in [1.807, 2.05) is 13.0 Å². The number of rotatable bonds is 7. The largest absolute Gasteiger partial charge is 0.355 e. The minimum Gasteiger partial charge on any atom is -0.355 e. The molecule has 3 aliphatic heterocycles. The molecule has 182 valence electrons. The Morgan fingerprint density at radius 2 is 1.79 bits per heavy atom. The van der Waals surface area contributed by atoms with Gasteiger partial charge in [-0.1, -0.05) is 6.92 Å². The van der Waals surface area contributed by atoms with Gasteiger partial charge >= 0.3 is 0 Å². The van der Waals surface area contributed by atoms with E-state index < -0.39 is 10.0 Å². The number of hydrogen-bond donors (Lipinski definition) is 1. The Bertz CT molecular complexity index is 1000. The fourth-order valence-corrected chi connectivity index (χ4v) is 7.56. The molecule has 3 heterocycles. The monoisotopic (exact) mass is 540 g/mol. The number of hydrogen-bond acceptors (Lipinski definition) is 5. The topological polar surface area (TPSA) is 90.0 Å². The lowest BCUT2D eigenvalue weighted by Crippen LogP contribution is -2.44. The lowest BCUT2D eigenvalue weighted by molar-refractivity contribution is -0.126. The summed E-state index contributed by atoms with van der Waals surface area (Å²) < 4.78 is 28.9. The van der Waals surface area contributed by atoms with Crippen LogP contribution in [0.5, 0.6) is 0 Å². The first-order valence-electron chi connectivity index (χ1n) is 11.9. The summed E-state index contributed by atoms with van der Waals surface area (Å²) in [5.74, 6) is -0.134. The smallest absolute Gasteiger partial charge is 0.244 e. The molecule has 3 aliphatic rings. The van der Waals surface area contributed by atoms with Gasteiger partial charge in [0.05, 0.1) is 4.90 Å². The average molecular weight is 542 g/mol. The Kier molecular flexibility index (Phi) is 7.77. The molecule has 0 aliphatic carbocycles. The summed E-state index contributed by atoms with van der Waals surface area (Å²) >= 11 is 3.44. The van der Waals surface area contributed by atoms with E-state index in [-0.39, 0.29) is 22.6 Å². The quantitative estimate of drug-likeness (QED) is 0.573. The van der Waals surface area contributed by atoms with Crippen molar-refractivity contribution in [3.63, 3.8) is 0 Å². The van der Waals surface area contributed by atoms with E-state index in [9.17, 15) is 18.0 Å². The first-order valence-corrected chi connectivity index (χ1v) is 14.2. The molecule has 8 nitrogen and oxygen atoms in total. The van der Waals surface area contributed by atoms with Gasteiger partial charge < -0.3 is 15.1 Å². The zero-order valence-electron chi connectivity index (χ0n) is 19.2. The molecule has 2 fully saturated rings. The van der Waals surface area contributed by atoms with E-state index in [2.05, 4.69) is 26.1 Å². The predicted molar refractivity (Wildman–Crippen MR) is 131 cm³/mol. The summed E-state index contributed by atoms with van der Waals surface area (Å²) in [6, 6.07) is 3.46. The third kappa shape index (κ3) is 5.28. The molecule has 0 saturated carbocycles. The third-order valence-corrected chi connectivity index (χ3v) is 9.86. The number of likely N-dealkylation sites (tertiary alicyclic amines) is 1. The number of piperidine rings is 1. The first kappa shape index (κ1) is 24.6. The van der Waals surface area contributed by atoms with Crippen LogP contribution in [0, 0.1) is 5.92 Å². The van der Waals surface area contributed by atoms with Gasteiger partial charge in [-0.15, -0.1) is 0 Å². The summed E-state index contributed by atoms with van der Waals surface area (Å²) in [6.07, 6.45) is 4.58. The number of nitrogens with zero attached hydrogens (tertiary/aromatic N) is 3. The molecule has 2 amide bonds. The maximum atomic E-state index is 13.4. The lowest BCUT2D eigenvalue weighted by atomic mass is 9.97. The molecule has 0 radical (unpaired) electrons. The molecule has 4 rings (SSSR count). The van der Waals surface area contributed by atoms with E-state index in [0.717, 1.165) is 31.6 Å². The molecule has 0 atom stereocenters. The van der Waals surface area contributed by atoms with Gasteiger partial charge in [-0.3, -0.25) is 9.59 Å². The van der Waals surface area contributed by atoms with Crippen LogP contribution in [0.25, 0.3) is 0 Å². The van der Waals surface area contributed by atoms with Crippen LogP contribution in [0.3, 0.4) is 0 Å². The van der Waals surface area contributed by atoms with Crippen molar-refractivity contribution < 1.29 is 18.0 Å². The molecule has 0 unspecified atom stereocenters. The van der Waals surface area contributed by atoms with Crippen molar-refractivity contribution >= 4 is 43.5 Å². The van der Waals surface area contributed by atoms with Crippen LogP contribution in [0.2, 0.25) is 0 Å². The maximum absolute atomic E-state index is 13.4. The van der Waals surface area contributed by atoms with Crippen LogP contribution in [-0.2, 0) is 26.0 Å². The van der Waals surface area contributed by atoms with Crippen molar-refractivity contribution in [2.75, 3.05) is 50.7 Å². The van der Waals surface area contributed by atoms with Crippen LogP contribution in [0.4, 0.5) is 5.69 Å². The molecule has 1 aromatic rings. The van der Waals surface area contributed by atoms with Crippen molar-refractivity contribution in [1.82, 2.24) is 14.5 Å². The molecular formula is C23H33BrN4O4S. The molecule has 2 saturated heterocycles. The van der Waals surface area contributed by atoms with Crippen LogP contribution >= 0.6 is 15.9 Å². The molecule has 1 N–H and O–H groups in total. The van der Waals surface area contributed by atoms with Gasteiger partial charge in [0.1, 0.15) is 0 Å². The fraction of sp³-hybridized carbons (Fsp3) is 0.652. The highest BCUT2D eigenvalue weighted by Crippen LogP contribution is 2.37. The van der Waals surface area contributed by atoms with Crippen molar-refractivity contribution in [2.24, 2.45) is 5.92 Å². The highest BCUT2D eigenvalue weighted by molar-refractivity contribution is 9.10. The number of sulfonamides is 1. The summed E-state index contributed by atoms with van der Waals surface area (Å²) in [4.78, 5) is 29.1. The highest BCUT2D eigenvalue weighted by Gasteiger charge is 2.35. The normalized spacial score (nSPS) is 20.2. The van der Waals surface area contributed by atoms with E-state index in [1.54, 1.807) is 11.0 Å². The predicted octanol–water partition coefficient (Wildman–Crippen LogP) is 2.36. The summed E-state index contributed by atoms with van der Waals surface area (Å²) in [7, 11) is -3.74. The molecule has 10 heteroatoms. The van der Waals surface area contributed by atoms with Crippen molar-refractivity contribution in [3.05, 3.63) is 22.2 Å². The Hall–Kier alpha value is -1.49. The summed E-state index contributed by atoms with van der Waals surface area (Å²) in [6.45, 7) is 6.75. The van der Waals surface area contributed by atoms with Gasteiger partial charge in [-0.05, 0) is 78.8 Å². The molecule has 0 bridgehead atoms. The molecular weight excluding hydrogens is 508 g/mol. The van der Waals surface area contributed by atoms with Crippen molar-refractivity contribution in [2.45, 2.75) is 50.3 Å². The average Bonchev–Trinajstić information content (AvgIpc) is 3.47. The minimum absolute atomic E-state index is 0.00372. The highest BCUT2D eigenvalue weighted by atomic mass is 79.9. The van der Waals surface area contributed by atoms with Gasteiger partial charge in [0, 0.05) is 55.2 Å². The molecule has 0 spiro atoms. The molecule has 33 heavy (non-hydrogen) atoms. The number of nitrogens with one attached hydrogen (secondary N) is 1. The fourth-order valence-electron chi connectivity index (χ4n) is 5.02. The van der Waals surface area contributed by atoms with Gasteiger partial charge in [0.15, 0.2) is 0 Å². The number of carbonyl (C=O) groups is 2. The maximum Gasteiger partial charge on any atom is 0.244 e. The number of halogens is 1. The van der Waals surface area contributed by atoms with Gasteiger partial charge in [-0.25, -0.2) is 8.42 Å². The van der Waals surface area contributed by atoms with Crippen LogP contribution in [0.15, 0.2) is 21.5 Å². The number of carbonyl (C=O) groups excluding carboxylic acids is 2. The first-order chi connectivity index (χ1) is 15.8. The SMILES string of the molecule is CCC(=O)N1CCc2cc(Br)c(S(=O)(=O)N3CCC(C(=O)NCCN4CCCC4)CC3)cc21. The van der Waals surface area contributed by atoms with Gasteiger partial charge in [0.25, 0.3) is 0 Å². The number of amides is 2. The zero-order valence-corrected chi connectivity index (χ0v) is 21.6. The second-order valence-electron chi connectivity index (χ2n) is 9.08. The molecule has 0 aromatic heterocycles. The Labute approximate surface area is 204 Å². The van der Waals surface area contributed by atoms with Gasteiger partial charge in [-0.2, -0.15) is 4.31 Å².